The van der Waals surface area contributed by atoms with E-state index < -0.39 is 21.1 Å². The molecular weight excluding hydrogens is 300 g/mol. The van der Waals surface area contributed by atoms with Gasteiger partial charge in [0.05, 0.1) is 12.2 Å². The monoisotopic (exact) mass is 314 g/mol. The lowest BCUT2D eigenvalue weighted by Crippen LogP contribution is -2.26. The number of aromatic carboxylic acids is 1. The minimum absolute atomic E-state index is 0.0121. The highest BCUT2D eigenvalue weighted by atomic mass is 32.2. The zero-order valence-electron chi connectivity index (χ0n) is 11.7. The number of aromatic nitrogens is 1. The van der Waals surface area contributed by atoms with E-state index in [9.17, 15) is 13.2 Å². The Morgan fingerprint density at radius 1 is 1.38 bits per heavy atom. The Morgan fingerprint density at radius 3 is 2.52 bits per heavy atom. The first kappa shape index (κ1) is 15.3. The summed E-state index contributed by atoms with van der Waals surface area (Å²) in [7, 11) is -2.60. The summed E-state index contributed by atoms with van der Waals surface area (Å²) in [5.74, 6) is -1.14. The Hall–Kier alpha value is -2.13. The lowest BCUT2D eigenvalue weighted by atomic mass is 10.3. The molecule has 1 N–H and O–H groups in total. The number of carboxylic acid groups (broad SMARTS) is 1. The van der Waals surface area contributed by atoms with Gasteiger partial charge in [-0.25, -0.2) is 13.2 Å². The molecule has 0 fully saturated rings. The average Bonchev–Trinajstić information content (AvgIpc) is 2.95. The van der Waals surface area contributed by atoms with Crippen molar-refractivity contribution < 1.29 is 27.3 Å². The van der Waals surface area contributed by atoms with Gasteiger partial charge in [-0.3, -0.25) is 0 Å². The molecule has 2 aromatic heterocycles. The fourth-order valence-corrected chi connectivity index (χ4v) is 2.88. The fraction of sp³-hybridized carbons (Fsp3) is 0.333. The minimum atomic E-state index is -3.94. The highest BCUT2D eigenvalue weighted by Crippen LogP contribution is 2.22. The van der Waals surface area contributed by atoms with Crippen LogP contribution in [0.25, 0.3) is 0 Å². The Morgan fingerprint density at radius 2 is 2.05 bits per heavy atom. The van der Waals surface area contributed by atoms with Crippen molar-refractivity contribution >= 4 is 16.0 Å². The maximum Gasteiger partial charge on any atom is 0.372 e. The first-order chi connectivity index (χ1) is 9.71. The van der Waals surface area contributed by atoms with Crippen molar-refractivity contribution in [1.82, 2.24) is 9.46 Å². The Balaban J connectivity index is 2.28. The van der Waals surface area contributed by atoms with Gasteiger partial charge in [-0.05, 0) is 13.8 Å². The van der Waals surface area contributed by atoms with Gasteiger partial charge in [0.1, 0.15) is 5.76 Å². The van der Waals surface area contributed by atoms with Crippen LogP contribution >= 0.6 is 0 Å². The molecule has 9 heteroatoms. The van der Waals surface area contributed by atoms with Gasteiger partial charge in [0.25, 0.3) is 10.0 Å². The van der Waals surface area contributed by atoms with Gasteiger partial charge in [-0.1, -0.05) is 5.16 Å². The summed E-state index contributed by atoms with van der Waals surface area (Å²) in [6.07, 6.45) is 0. The van der Waals surface area contributed by atoms with Crippen LogP contribution < -0.4 is 0 Å². The fourth-order valence-electron chi connectivity index (χ4n) is 1.75. The van der Waals surface area contributed by atoms with Crippen molar-refractivity contribution in [3.05, 3.63) is 34.9 Å². The molecule has 0 saturated heterocycles. The summed E-state index contributed by atoms with van der Waals surface area (Å²) in [4.78, 5) is 10.9. The van der Waals surface area contributed by atoms with E-state index in [-0.39, 0.29) is 17.9 Å². The van der Waals surface area contributed by atoms with Crippen LogP contribution in [0.4, 0.5) is 0 Å². The van der Waals surface area contributed by atoms with Gasteiger partial charge in [0.2, 0.25) is 10.9 Å². The van der Waals surface area contributed by atoms with Gasteiger partial charge in [-0.2, -0.15) is 4.31 Å². The van der Waals surface area contributed by atoms with E-state index in [4.69, 9.17) is 14.0 Å². The van der Waals surface area contributed by atoms with E-state index in [1.807, 2.05) is 0 Å². The molecule has 0 aliphatic rings. The molecule has 114 valence electrons. The van der Waals surface area contributed by atoms with Crippen LogP contribution in [0, 0.1) is 13.8 Å². The average molecular weight is 314 g/mol. The van der Waals surface area contributed by atoms with Crippen LogP contribution in [0.3, 0.4) is 0 Å². The third kappa shape index (κ3) is 2.98. The third-order valence-corrected chi connectivity index (χ3v) is 4.47. The molecular formula is C12H14N2O6S. The van der Waals surface area contributed by atoms with Gasteiger partial charge in [0, 0.05) is 24.7 Å². The molecule has 0 aromatic carbocycles. The van der Waals surface area contributed by atoms with Crippen molar-refractivity contribution in [2.45, 2.75) is 25.5 Å². The van der Waals surface area contributed by atoms with Gasteiger partial charge in [-0.15, -0.1) is 0 Å². The van der Waals surface area contributed by atoms with Crippen LogP contribution in [0.1, 0.15) is 27.6 Å². The number of furan rings is 1. The number of carboxylic acids is 1. The Labute approximate surface area is 121 Å². The highest BCUT2D eigenvalue weighted by Gasteiger charge is 2.28. The zero-order valence-corrected chi connectivity index (χ0v) is 12.5. The highest BCUT2D eigenvalue weighted by molar-refractivity contribution is 7.88. The van der Waals surface area contributed by atoms with Crippen molar-refractivity contribution in [2.75, 3.05) is 7.05 Å². The molecule has 8 nitrogen and oxygen atoms in total. The van der Waals surface area contributed by atoms with Crippen molar-refractivity contribution in [3.63, 3.8) is 0 Å². The molecule has 21 heavy (non-hydrogen) atoms. The van der Waals surface area contributed by atoms with Gasteiger partial charge in [0.15, 0.2) is 0 Å². The Kier molecular flexibility index (Phi) is 3.88. The first-order valence-corrected chi connectivity index (χ1v) is 7.38. The molecule has 0 aliphatic carbocycles. The largest absolute Gasteiger partial charge is 0.475 e. The van der Waals surface area contributed by atoms with E-state index in [0.717, 1.165) is 4.31 Å². The lowest BCUT2D eigenvalue weighted by molar-refractivity contribution is 0.0655. The summed E-state index contributed by atoms with van der Waals surface area (Å²) < 4.78 is 35.4. The predicted octanol–water partition coefficient (Wildman–Crippen LogP) is 1.40. The third-order valence-electron chi connectivity index (χ3n) is 2.82. The number of nitrogens with zero attached hydrogens (tertiary/aromatic N) is 2. The van der Waals surface area contributed by atoms with Crippen LogP contribution in [-0.4, -0.2) is 36.0 Å². The van der Waals surface area contributed by atoms with Crippen molar-refractivity contribution in [3.8, 4) is 0 Å². The van der Waals surface area contributed by atoms with Crippen LogP contribution in [-0.2, 0) is 16.6 Å². The summed E-state index contributed by atoms with van der Waals surface area (Å²) in [6, 6.07) is 2.80. The number of hydrogen-bond acceptors (Lipinski definition) is 6. The molecule has 0 spiro atoms. The molecule has 0 saturated carbocycles. The van der Waals surface area contributed by atoms with Gasteiger partial charge < -0.3 is 14.0 Å². The quantitative estimate of drug-likeness (QED) is 0.887. The van der Waals surface area contributed by atoms with Crippen LogP contribution in [0.5, 0.6) is 0 Å². The molecule has 2 aromatic rings. The van der Waals surface area contributed by atoms with E-state index in [2.05, 4.69) is 5.16 Å². The standard InChI is InChI=1S/C12H14N2O6S/c1-7-4-10(19-11(7)12(15)16)21(17,18)14(3)6-9-5-8(2)20-13-9/h4-5H,6H2,1-3H3,(H,15,16). The zero-order chi connectivity index (χ0) is 15.8. The summed E-state index contributed by atoms with van der Waals surface area (Å²) in [5.41, 5.74) is 0.687. The molecule has 0 bridgehead atoms. The van der Waals surface area contributed by atoms with E-state index >= 15 is 0 Å². The van der Waals surface area contributed by atoms with Crippen LogP contribution in [0.15, 0.2) is 26.2 Å². The maximum atomic E-state index is 12.3. The number of sulfonamides is 1. The molecule has 2 heterocycles. The summed E-state index contributed by atoms with van der Waals surface area (Å²) in [6.45, 7) is 3.15. The number of carbonyl (C=O) groups is 1. The topological polar surface area (TPSA) is 114 Å². The number of hydrogen-bond donors (Lipinski definition) is 1. The number of aryl methyl sites for hydroxylation is 2. The second-order valence-electron chi connectivity index (χ2n) is 4.57. The normalized spacial score (nSPS) is 12.0. The summed E-state index contributed by atoms with van der Waals surface area (Å²) >= 11 is 0. The maximum absolute atomic E-state index is 12.3. The van der Waals surface area contributed by atoms with E-state index in [0.29, 0.717) is 11.5 Å². The van der Waals surface area contributed by atoms with E-state index in [1.54, 1.807) is 13.0 Å². The van der Waals surface area contributed by atoms with E-state index in [1.165, 1.54) is 20.0 Å². The second kappa shape index (κ2) is 5.34. The smallest absolute Gasteiger partial charge is 0.372 e. The molecule has 0 radical (unpaired) electrons. The lowest BCUT2D eigenvalue weighted by Gasteiger charge is -2.13. The van der Waals surface area contributed by atoms with Crippen LogP contribution in [0.2, 0.25) is 0 Å². The molecule has 2 rings (SSSR count). The molecule has 0 unspecified atom stereocenters. The molecule has 0 aliphatic heterocycles. The first-order valence-electron chi connectivity index (χ1n) is 5.94. The van der Waals surface area contributed by atoms with Crippen molar-refractivity contribution in [2.24, 2.45) is 0 Å². The number of rotatable bonds is 5. The Bertz CT molecular complexity index is 774. The second-order valence-corrected chi connectivity index (χ2v) is 6.55. The molecule has 0 atom stereocenters. The SMILES string of the molecule is Cc1cc(CN(C)S(=O)(=O)c2cc(C)c(C(=O)O)o2)no1. The van der Waals surface area contributed by atoms with Crippen molar-refractivity contribution in [1.29, 1.82) is 0 Å². The predicted molar refractivity (Wildman–Crippen MR) is 70.3 cm³/mol. The minimum Gasteiger partial charge on any atom is -0.475 e. The molecule has 0 amide bonds. The van der Waals surface area contributed by atoms with Gasteiger partial charge >= 0.3 is 5.97 Å². The summed E-state index contributed by atoms with van der Waals surface area (Å²) in [5, 5.41) is 12.2.